The number of phenols is 1. The van der Waals surface area contributed by atoms with Gasteiger partial charge in [-0.3, -0.25) is 0 Å². The predicted molar refractivity (Wildman–Crippen MR) is 53.6 cm³/mol. The van der Waals surface area contributed by atoms with Crippen LogP contribution in [0.5, 0.6) is 5.75 Å². The van der Waals surface area contributed by atoms with Gasteiger partial charge in [0.15, 0.2) is 5.75 Å². The molecule has 0 aliphatic carbocycles. The maximum absolute atomic E-state index is 11.0. The molecule has 0 bridgehead atoms. The first-order valence-corrected chi connectivity index (χ1v) is 6.34. The molecule has 0 atom stereocenters. The minimum Gasteiger partial charge on any atom is -0.505 e. The summed E-state index contributed by atoms with van der Waals surface area (Å²) in [6.07, 6.45) is 0. The Hall–Kier alpha value is -0.770. The number of phenolic OH excluding ortho intramolecular Hbond substituents is 1. The minimum absolute atomic E-state index is 0.163. The number of nitriles is 1. The standard InChI is InChI=1S/C7H3BrClNO3S/c8-5-2-1-4(3-10)7(6(5)11)14(9,12)13/h1-2,11H. The van der Waals surface area contributed by atoms with E-state index in [2.05, 4.69) is 15.9 Å². The highest BCUT2D eigenvalue weighted by atomic mass is 79.9. The fourth-order valence-electron chi connectivity index (χ4n) is 0.882. The summed E-state index contributed by atoms with van der Waals surface area (Å²) in [5.41, 5.74) is -0.194. The van der Waals surface area contributed by atoms with Crippen LogP contribution in [0.1, 0.15) is 5.56 Å². The Morgan fingerprint density at radius 3 is 2.50 bits per heavy atom. The predicted octanol–water partition coefficient (Wildman–Crippen LogP) is 1.95. The van der Waals surface area contributed by atoms with E-state index in [4.69, 9.17) is 15.9 Å². The maximum atomic E-state index is 11.0. The molecule has 1 aromatic carbocycles. The van der Waals surface area contributed by atoms with E-state index in [-0.39, 0.29) is 10.0 Å². The van der Waals surface area contributed by atoms with Crippen LogP contribution >= 0.6 is 26.6 Å². The van der Waals surface area contributed by atoms with Gasteiger partial charge in [0, 0.05) is 10.7 Å². The summed E-state index contributed by atoms with van der Waals surface area (Å²) < 4.78 is 22.2. The fourth-order valence-corrected chi connectivity index (χ4v) is 2.53. The molecule has 1 rings (SSSR count). The lowest BCUT2D eigenvalue weighted by Gasteiger charge is -2.04. The number of benzene rings is 1. The number of hydrogen-bond donors (Lipinski definition) is 1. The van der Waals surface area contributed by atoms with Crippen LogP contribution < -0.4 is 0 Å². The van der Waals surface area contributed by atoms with Gasteiger partial charge in [0.2, 0.25) is 0 Å². The molecule has 0 heterocycles. The van der Waals surface area contributed by atoms with Gasteiger partial charge in [-0.15, -0.1) is 0 Å². The maximum Gasteiger partial charge on any atom is 0.266 e. The summed E-state index contributed by atoms with van der Waals surface area (Å²) in [5.74, 6) is -0.556. The first-order valence-electron chi connectivity index (χ1n) is 3.24. The van der Waals surface area contributed by atoms with E-state index in [0.717, 1.165) is 0 Å². The van der Waals surface area contributed by atoms with Crippen LogP contribution in [0.15, 0.2) is 21.5 Å². The zero-order valence-corrected chi connectivity index (χ0v) is 9.69. The van der Waals surface area contributed by atoms with Crippen molar-refractivity contribution in [3.8, 4) is 11.8 Å². The van der Waals surface area contributed by atoms with Crippen molar-refractivity contribution in [2.45, 2.75) is 4.90 Å². The van der Waals surface area contributed by atoms with Gasteiger partial charge in [-0.2, -0.15) is 5.26 Å². The normalized spacial score (nSPS) is 10.9. The molecule has 1 N–H and O–H groups in total. The lowest BCUT2D eigenvalue weighted by Crippen LogP contribution is -1.96. The summed E-state index contributed by atoms with van der Waals surface area (Å²) in [6.45, 7) is 0. The van der Waals surface area contributed by atoms with Gasteiger partial charge in [0.25, 0.3) is 9.05 Å². The summed E-state index contributed by atoms with van der Waals surface area (Å²) in [5, 5.41) is 18.0. The average molecular weight is 297 g/mol. The molecule has 0 saturated heterocycles. The Bertz CT molecular complexity index is 520. The summed E-state index contributed by atoms with van der Waals surface area (Å²) in [7, 11) is 0.931. The molecule has 1 aromatic rings. The van der Waals surface area contributed by atoms with Gasteiger partial charge in [-0.1, -0.05) is 0 Å². The Kier molecular flexibility index (Phi) is 3.04. The topological polar surface area (TPSA) is 78.2 Å². The van der Waals surface area contributed by atoms with Crippen LogP contribution in [0.3, 0.4) is 0 Å². The van der Waals surface area contributed by atoms with Crippen LogP contribution in [-0.4, -0.2) is 13.5 Å². The SMILES string of the molecule is N#Cc1ccc(Br)c(O)c1S(=O)(=O)Cl. The van der Waals surface area contributed by atoms with Crippen molar-refractivity contribution in [1.82, 2.24) is 0 Å². The Balaban J connectivity index is 3.72. The molecule has 0 radical (unpaired) electrons. The van der Waals surface area contributed by atoms with E-state index in [1.807, 2.05) is 0 Å². The van der Waals surface area contributed by atoms with Gasteiger partial charge in [-0.25, -0.2) is 8.42 Å². The molecule has 0 spiro atoms. The van der Waals surface area contributed by atoms with Crippen molar-refractivity contribution in [2.24, 2.45) is 0 Å². The van der Waals surface area contributed by atoms with E-state index < -0.39 is 19.7 Å². The number of halogens is 2. The van der Waals surface area contributed by atoms with E-state index in [0.29, 0.717) is 0 Å². The van der Waals surface area contributed by atoms with E-state index >= 15 is 0 Å². The molecule has 0 fully saturated rings. The highest BCUT2D eigenvalue weighted by molar-refractivity contribution is 9.10. The van der Waals surface area contributed by atoms with E-state index in [1.165, 1.54) is 12.1 Å². The first kappa shape index (κ1) is 11.3. The summed E-state index contributed by atoms with van der Waals surface area (Å²) in [6, 6.07) is 4.24. The van der Waals surface area contributed by atoms with Crippen LogP contribution in [0.2, 0.25) is 0 Å². The quantitative estimate of drug-likeness (QED) is 0.804. The highest BCUT2D eigenvalue weighted by Crippen LogP contribution is 2.35. The molecular weight excluding hydrogens is 294 g/mol. The molecule has 0 aliphatic rings. The van der Waals surface area contributed by atoms with Crippen molar-refractivity contribution in [2.75, 3.05) is 0 Å². The first-order chi connectivity index (χ1) is 6.38. The number of hydrogen-bond acceptors (Lipinski definition) is 4. The van der Waals surface area contributed by atoms with Crippen molar-refractivity contribution >= 4 is 35.7 Å². The highest BCUT2D eigenvalue weighted by Gasteiger charge is 2.22. The van der Waals surface area contributed by atoms with Gasteiger partial charge in [-0.05, 0) is 28.1 Å². The molecular formula is C7H3BrClNO3S. The largest absolute Gasteiger partial charge is 0.505 e. The molecule has 0 amide bonds. The molecule has 74 valence electrons. The second-order valence-electron chi connectivity index (χ2n) is 2.32. The van der Waals surface area contributed by atoms with Gasteiger partial charge in [0.1, 0.15) is 11.0 Å². The Labute approximate surface area is 93.3 Å². The molecule has 14 heavy (non-hydrogen) atoms. The van der Waals surface area contributed by atoms with Crippen molar-refractivity contribution < 1.29 is 13.5 Å². The monoisotopic (exact) mass is 295 g/mol. The molecule has 0 aliphatic heterocycles. The smallest absolute Gasteiger partial charge is 0.266 e. The molecule has 7 heteroatoms. The Morgan fingerprint density at radius 2 is 2.07 bits per heavy atom. The fraction of sp³-hybridized carbons (Fsp3) is 0. The van der Waals surface area contributed by atoms with Gasteiger partial charge < -0.3 is 5.11 Å². The van der Waals surface area contributed by atoms with Crippen molar-refractivity contribution in [1.29, 1.82) is 5.26 Å². The van der Waals surface area contributed by atoms with Gasteiger partial charge >= 0.3 is 0 Å². The third-order valence-corrected chi connectivity index (χ3v) is 3.45. The minimum atomic E-state index is -4.13. The second kappa shape index (κ2) is 3.77. The van der Waals surface area contributed by atoms with Crippen LogP contribution in [0.25, 0.3) is 0 Å². The lowest BCUT2D eigenvalue weighted by molar-refractivity contribution is 0.455. The molecule has 0 aromatic heterocycles. The zero-order chi connectivity index (χ0) is 10.9. The van der Waals surface area contributed by atoms with Crippen LogP contribution in [-0.2, 0) is 9.05 Å². The third kappa shape index (κ3) is 2.00. The summed E-state index contributed by atoms with van der Waals surface area (Å²) >= 11 is 2.92. The Morgan fingerprint density at radius 1 is 1.50 bits per heavy atom. The molecule has 0 unspecified atom stereocenters. The number of rotatable bonds is 1. The third-order valence-electron chi connectivity index (χ3n) is 1.45. The van der Waals surface area contributed by atoms with Crippen LogP contribution in [0.4, 0.5) is 0 Å². The zero-order valence-electron chi connectivity index (χ0n) is 6.53. The average Bonchev–Trinajstić information content (AvgIpc) is 2.07. The van der Waals surface area contributed by atoms with E-state index in [1.54, 1.807) is 6.07 Å². The molecule has 0 saturated carbocycles. The van der Waals surface area contributed by atoms with Crippen molar-refractivity contribution in [3.63, 3.8) is 0 Å². The summed E-state index contributed by atoms with van der Waals surface area (Å²) in [4.78, 5) is -0.573. The molecule has 4 nitrogen and oxygen atoms in total. The van der Waals surface area contributed by atoms with Crippen molar-refractivity contribution in [3.05, 3.63) is 22.2 Å². The lowest BCUT2D eigenvalue weighted by atomic mass is 10.2. The number of nitrogens with zero attached hydrogens (tertiary/aromatic N) is 1. The van der Waals surface area contributed by atoms with Crippen LogP contribution in [0, 0.1) is 11.3 Å². The second-order valence-corrected chi connectivity index (χ2v) is 5.68. The number of aromatic hydroxyl groups is 1. The van der Waals surface area contributed by atoms with E-state index in [9.17, 15) is 13.5 Å². The van der Waals surface area contributed by atoms with Gasteiger partial charge in [0.05, 0.1) is 10.0 Å².